The molecule has 3 rings (SSSR count). The van der Waals surface area contributed by atoms with Crippen molar-refractivity contribution in [2.24, 2.45) is 17.3 Å². The minimum atomic E-state index is 0.00731. The van der Waals surface area contributed by atoms with E-state index in [0.29, 0.717) is 11.8 Å². The number of piperidine rings is 1. The van der Waals surface area contributed by atoms with Crippen molar-refractivity contribution >= 4 is 5.91 Å². The summed E-state index contributed by atoms with van der Waals surface area (Å²) < 4.78 is 0. The fraction of sp³-hybridized carbons (Fsp3) is 0.588. The van der Waals surface area contributed by atoms with E-state index >= 15 is 0 Å². The lowest BCUT2D eigenvalue weighted by Crippen LogP contribution is -2.40. The van der Waals surface area contributed by atoms with E-state index in [9.17, 15) is 4.79 Å². The van der Waals surface area contributed by atoms with Gasteiger partial charge in [-0.15, -0.1) is 0 Å². The van der Waals surface area contributed by atoms with Gasteiger partial charge < -0.3 is 4.90 Å². The number of allylic oxidation sites excluding steroid dienone is 4. The van der Waals surface area contributed by atoms with Crippen LogP contribution in [-0.2, 0) is 4.79 Å². The third-order valence-electron chi connectivity index (χ3n) is 4.73. The molecule has 0 aromatic rings. The van der Waals surface area contributed by atoms with Crippen LogP contribution in [0.4, 0.5) is 0 Å². The molecule has 0 aromatic heterocycles. The first-order valence-electron chi connectivity index (χ1n) is 7.39. The van der Waals surface area contributed by atoms with Gasteiger partial charge in [-0.25, -0.2) is 0 Å². The van der Waals surface area contributed by atoms with Gasteiger partial charge in [-0.05, 0) is 30.9 Å². The van der Waals surface area contributed by atoms with E-state index in [1.807, 2.05) is 0 Å². The molecular formula is C17H23NO. The van der Waals surface area contributed by atoms with Gasteiger partial charge in [0, 0.05) is 24.4 Å². The predicted octanol–water partition coefficient (Wildman–Crippen LogP) is 3.32. The van der Waals surface area contributed by atoms with Crippen molar-refractivity contribution in [3.8, 4) is 0 Å². The molecule has 0 spiro atoms. The average molecular weight is 257 g/mol. The van der Waals surface area contributed by atoms with Crippen molar-refractivity contribution in [3.63, 3.8) is 0 Å². The molecule has 2 unspecified atom stereocenters. The molecular weight excluding hydrogens is 234 g/mol. The quantitative estimate of drug-likeness (QED) is 0.652. The van der Waals surface area contributed by atoms with Gasteiger partial charge in [0.1, 0.15) is 0 Å². The van der Waals surface area contributed by atoms with E-state index in [0.717, 1.165) is 19.5 Å². The summed E-state index contributed by atoms with van der Waals surface area (Å²) in [7, 11) is 0. The monoisotopic (exact) mass is 257 g/mol. The molecule has 2 heterocycles. The Hall–Kier alpha value is -1.31. The molecule has 0 radical (unpaired) electrons. The molecule has 0 aromatic carbocycles. The van der Waals surface area contributed by atoms with Crippen LogP contribution in [0.25, 0.3) is 0 Å². The molecule has 3 aliphatic rings. The Balaban J connectivity index is 2.08. The first kappa shape index (κ1) is 12.7. The minimum absolute atomic E-state index is 0.00731. The Labute approximate surface area is 115 Å². The van der Waals surface area contributed by atoms with Gasteiger partial charge in [0.05, 0.1) is 5.92 Å². The molecule has 1 aliphatic carbocycles. The first-order valence-corrected chi connectivity index (χ1v) is 7.39. The molecule has 1 saturated heterocycles. The Morgan fingerprint density at radius 1 is 1.21 bits per heavy atom. The SMILES string of the molecule is CC1C(=O)N2CCCC(C2)C2=C1C=CC(C)(C)C=C2. The van der Waals surface area contributed by atoms with Gasteiger partial charge in [-0.1, -0.05) is 38.2 Å². The maximum absolute atomic E-state index is 12.5. The fourth-order valence-electron chi connectivity index (χ4n) is 3.46. The number of fused-ring (bicyclic) bond motifs is 3. The average Bonchev–Trinajstić information content (AvgIpc) is 2.58. The van der Waals surface area contributed by atoms with Crippen molar-refractivity contribution in [1.29, 1.82) is 0 Å². The van der Waals surface area contributed by atoms with Crippen molar-refractivity contribution in [3.05, 3.63) is 35.5 Å². The van der Waals surface area contributed by atoms with E-state index in [1.165, 1.54) is 17.6 Å². The zero-order valence-corrected chi connectivity index (χ0v) is 12.1. The number of amides is 1. The van der Waals surface area contributed by atoms with Crippen LogP contribution in [0.5, 0.6) is 0 Å². The van der Waals surface area contributed by atoms with E-state index in [-0.39, 0.29) is 11.3 Å². The minimum Gasteiger partial charge on any atom is -0.342 e. The van der Waals surface area contributed by atoms with Gasteiger partial charge >= 0.3 is 0 Å². The Morgan fingerprint density at radius 2 is 1.89 bits per heavy atom. The van der Waals surface area contributed by atoms with Crippen LogP contribution in [-0.4, -0.2) is 23.9 Å². The highest BCUT2D eigenvalue weighted by molar-refractivity contribution is 5.83. The summed E-state index contributed by atoms with van der Waals surface area (Å²) in [5.74, 6) is 0.854. The molecule has 1 fully saturated rings. The summed E-state index contributed by atoms with van der Waals surface area (Å²) in [6.45, 7) is 8.35. The van der Waals surface area contributed by atoms with Gasteiger partial charge in [0.2, 0.25) is 5.91 Å². The number of rotatable bonds is 0. The van der Waals surface area contributed by atoms with Crippen molar-refractivity contribution < 1.29 is 4.79 Å². The van der Waals surface area contributed by atoms with Crippen LogP contribution in [0.1, 0.15) is 33.6 Å². The Kier molecular flexibility index (Phi) is 2.92. The number of nitrogens with zero attached hydrogens (tertiary/aromatic N) is 1. The lowest BCUT2D eigenvalue weighted by molar-refractivity contribution is -0.134. The first-order chi connectivity index (χ1) is 8.98. The predicted molar refractivity (Wildman–Crippen MR) is 77.6 cm³/mol. The van der Waals surface area contributed by atoms with Crippen molar-refractivity contribution in [2.75, 3.05) is 13.1 Å². The van der Waals surface area contributed by atoms with Crippen LogP contribution in [0, 0.1) is 17.3 Å². The zero-order chi connectivity index (χ0) is 13.6. The van der Waals surface area contributed by atoms with E-state index in [1.54, 1.807) is 0 Å². The third kappa shape index (κ3) is 2.18. The third-order valence-corrected chi connectivity index (χ3v) is 4.73. The number of hydrogen-bond donors (Lipinski definition) is 0. The smallest absolute Gasteiger partial charge is 0.229 e. The fourth-order valence-corrected chi connectivity index (χ4v) is 3.46. The number of hydrogen-bond acceptors (Lipinski definition) is 1. The molecule has 2 aliphatic heterocycles. The second kappa shape index (κ2) is 4.36. The molecule has 0 N–H and O–H groups in total. The lowest BCUT2D eigenvalue weighted by Gasteiger charge is -2.31. The highest BCUT2D eigenvalue weighted by Gasteiger charge is 2.35. The molecule has 2 heteroatoms. The highest BCUT2D eigenvalue weighted by atomic mass is 16.2. The van der Waals surface area contributed by atoms with E-state index < -0.39 is 0 Å². The topological polar surface area (TPSA) is 20.3 Å². The molecule has 2 bridgehead atoms. The molecule has 102 valence electrons. The van der Waals surface area contributed by atoms with Gasteiger partial charge in [-0.2, -0.15) is 0 Å². The number of carbonyl (C=O) groups is 1. The lowest BCUT2D eigenvalue weighted by atomic mass is 9.86. The van der Waals surface area contributed by atoms with Crippen LogP contribution in [0.3, 0.4) is 0 Å². The van der Waals surface area contributed by atoms with Crippen molar-refractivity contribution in [2.45, 2.75) is 33.6 Å². The summed E-state index contributed by atoms with van der Waals surface area (Å²) in [4.78, 5) is 14.6. The molecule has 2 atom stereocenters. The van der Waals surface area contributed by atoms with Crippen molar-refractivity contribution in [1.82, 2.24) is 4.90 Å². The largest absolute Gasteiger partial charge is 0.342 e. The Morgan fingerprint density at radius 3 is 2.63 bits per heavy atom. The van der Waals surface area contributed by atoms with Gasteiger partial charge in [-0.3, -0.25) is 4.79 Å². The summed E-state index contributed by atoms with van der Waals surface area (Å²) in [6, 6.07) is 0. The van der Waals surface area contributed by atoms with Gasteiger partial charge in [0.15, 0.2) is 0 Å². The van der Waals surface area contributed by atoms with Crippen LogP contribution in [0.15, 0.2) is 35.5 Å². The molecule has 1 amide bonds. The summed E-state index contributed by atoms with van der Waals surface area (Å²) in [5, 5.41) is 0. The molecule has 2 nitrogen and oxygen atoms in total. The molecule has 19 heavy (non-hydrogen) atoms. The summed E-state index contributed by atoms with van der Waals surface area (Å²) >= 11 is 0. The van der Waals surface area contributed by atoms with E-state index in [2.05, 4.69) is 50.0 Å². The summed E-state index contributed by atoms with van der Waals surface area (Å²) in [5.41, 5.74) is 2.75. The second-order valence-electron chi connectivity index (χ2n) is 6.74. The summed E-state index contributed by atoms with van der Waals surface area (Å²) in [6.07, 6.45) is 11.4. The van der Waals surface area contributed by atoms with Crippen LogP contribution >= 0.6 is 0 Å². The number of carbonyl (C=O) groups excluding carboxylic acids is 1. The standard InChI is InChI=1S/C17H23NO/c1-12-14-6-8-17(2,3)9-7-15(14)13-5-4-10-18(11-13)16(12)19/h6-9,12-13H,4-5,10-11H2,1-3H3. The normalized spacial score (nSPS) is 33.0. The molecule has 0 saturated carbocycles. The zero-order valence-electron chi connectivity index (χ0n) is 12.1. The highest BCUT2D eigenvalue weighted by Crippen LogP contribution is 2.38. The Bertz CT molecular complexity index is 495. The maximum atomic E-state index is 12.5. The van der Waals surface area contributed by atoms with E-state index in [4.69, 9.17) is 0 Å². The van der Waals surface area contributed by atoms with Crippen LogP contribution < -0.4 is 0 Å². The van der Waals surface area contributed by atoms with Crippen LogP contribution in [0.2, 0.25) is 0 Å². The van der Waals surface area contributed by atoms with Gasteiger partial charge in [0.25, 0.3) is 0 Å². The second-order valence-corrected chi connectivity index (χ2v) is 6.74. The maximum Gasteiger partial charge on any atom is 0.229 e.